The van der Waals surface area contributed by atoms with Gasteiger partial charge in [-0.15, -0.1) is 0 Å². The molecule has 9 heteroatoms. The van der Waals surface area contributed by atoms with Crippen molar-refractivity contribution in [1.29, 1.82) is 0 Å². The van der Waals surface area contributed by atoms with Crippen LogP contribution in [0.3, 0.4) is 0 Å². The highest BCUT2D eigenvalue weighted by molar-refractivity contribution is 5.95. The van der Waals surface area contributed by atoms with E-state index < -0.39 is 17.8 Å². The minimum Gasteiger partial charge on any atom is -0.341 e. The van der Waals surface area contributed by atoms with E-state index in [1.807, 2.05) is 42.5 Å². The van der Waals surface area contributed by atoms with Gasteiger partial charge in [0.2, 0.25) is 0 Å². The van der Waals surface area contributed by atoms with Gasteiger partial charge in [-0.3, -0.25) is 9.78 Å². The van der Waals surface area contributed by atoms with Gasteiger partial charge in [-0.25, -0.2) is 9.67 Å². The molecule has 162 valence electrons. The van der Waals surface area contributed by atoms with Crippen LogP contribution in [-0.2, 0) is 6.18 Å². The third-order valence-corrected chi connectivity index (χ3v) is 4.99. The van der Waals surface area contributed by atoms with Gasteiger partial charge in [-0.2, -0.15) is 18.3 Å². The van der Waals surface area contributed by atoms with Gasteiger partial charge in [-0.05, 0) is 42.3 Å². The first kappa shape index (κ1) is 21.2. The molecule has 6 nitrogen and oxygen atoms in total. The highest BCUT2D eigenvalue weighted by Crippen LogP contribution is 2.29. The van der Waals surface area contributed by atoms with Crippen LogP contribution in [0.2, 0.25) is 0 Å². The molecule has 3 heterocycles. The maximum Gasteiger partial charge on any atom is 0.417 e. The molecule has 0 saturated heterocycles. The number of halogens is 3. The highest BCUT2D eigenvalue weighted by Gasteiger charge is 2.31. The Balaban J connectivity index is 1.61. The highest BCUT2D eigenvalue weighted by atomic mass is 19.4. The fraction of sp³-hybridized carbons (Fsp3) is 0.130. The minimum absolute atomic E-state index is 0.184. The number of benzene rings is 1. The molecule has 1 amide bonds. The van der Waals surface area contributed by atoms with Crippen LogP contribution in [0.5, 0.6) is 0 Å². The number of carbonyl (C=O) groups excluding carboxylic acids is 1. The van der Waals surface area contributed by atoms with Gasteiger partial charge in [0.05, 0.1) is 29.1 Å². The Labute approximate surface area is 181 Å². The van der Waals surface area contributed by atoms with E-state index in [1.54, 1.807) is 19.3 Å². The van der Waals surface area contributed by atoms with Gasteiger partial charge in [0.1, 0.15) is 0 Å². The zero-order valence-corrected chi connectivity index (χ0v) is 16.9. The predicted molar refractivity (Wildman–Crippen MR) is 111 cm³/mol. The number of nitrogens with zero attached hydrogens (tertiary/aromatic N) is 4. The number of aromatic nitrogens is 4. The van der Waals surface area contributed by atoms with Crippen LogP contribution in [0.4, 0.5) is 13.2 Å². The van der Waals surface area contributed by atoms with E-state index in [4.69, 9.17) is 0 Å². The van der Waals surface area contributed by atoms with Gasteiger partial charge in [0.15, 0.2) is 5.82 Å². The van der Waals surface area contributed by atoms with E-state index in [-0.39, 0.29) is 11.7 Å². The molecule has 1 unspecified atom stereocenters. The normalized spacial score (nSPS) is 12.4. The molecular formula is C23H18F3N5O. The largest absolute Gasteiger partial charge is 0.417 e. The third kappa shape index (κ3) is 4.36. The van der Waals surface area contributed by atoms with E-state index in [0.717, 1.165) is 23.4 Å². The molecule has 0 radical (unpaired) electrons. The summed E-state index contributed by atoms with van der Waals surface area (Å²) in [6.07, 6.45) is 0.937. The molecule has 0 aliphatic carbocycles. The first-order chi connectivity index (χ1) is 15.3. The van der Waals surface area contributed by atoms with Crippen LogP contribution >= 0.6 is 0 Å². The molecule has 4 rings (SSSR count). The molecule has 0 fully saturated rings. The molecule has 0 bridgehead atoms. The SMILES string of the molecule is Cc1c(C(=O)NC(c2ccccc2)c2ccncc2)cnn1-c1ccc(C(F)(F)F)cn1. The van der Waals surface area contributed by atoms with Gasteiger partial charge < -0.3 is 5.32 Å². The van der Waals surface area contributed by atoms with Gasteiger partial charge >= 0.3 is 6.18 Å². The number of pyridine rings is 2. The van der Waals surface area contributed by atoms with Crippen molar-refractivity contribution in [2.75, 3.05) is 0 Å². The lowest BCUT2D eigenvalue weighted by molar-refractivity contribution is -0.137. The number of alkyl halides is 3. The smallest absolute Gasteiger partial charge is 0.341 e. The Bertz CT molecular complexity index is 1170. The first-order valence-electron chi connectivity index (χ1n) is 9.68. The summed E-state index contributed by atoms with van der Waals surface area (Å²) in [5, 5.41) is 7.17. The Morgan fingerprint density at radius 2 is 1.66 bits per heavy atom. The fourth-order valence-electron chi connectivity index (χ4n) is 3.31. The lowest BCUT2D eigenvalue weighted by atomic mass is 9.99. The average Bonchev–Trinajstić information content (AvgIpc) is 3.19. The summed E-state index contributed by atoms with van der Waals surface area (Å²) in [5.74, 6) is -0.186. The van der Waals surface area contributed by atoms with Crippen molar-refractivity contribution < 1.29 is 18.0 Å². The fourth-order valence-corrected chi connectivity index (χ4v) is 3.31. The summed E-state index contributed by atoms with van der Waals surface area (Å²) >= 11 is 0. The lowest BCUT2D eigenvalue weighted by Crippen LogP contribution is -2.29. The second-order valence-corrected chi connectivity index (χ2v) is 7.06. The summed E-state index contributed by atoms with van der Waals surface area (Å²) in [5.41, 5.74) is 1.64. The molecule has 4 aromatic rings. The minimum atomic E-state index is -4.48. The number of rotatable bonds is 5. The van der Waals surface area contributed by atoms with Crippen LogP contribution in [-0.4, -0.2) is 25.7 Å². The summed E-state index contributed by atoms with van der Waals surface area (Å²) in [6.45, 7) is 1.66. The van der Waals surface area contributed by atoms with Crippen LogP contribution < -0.4 is 5.32 Å². The van der Waals surface area contributed by atoms with Crippen molar-refractivity contribution in [3.8, 4) is 5.82 Å². The molecule has 1 aromatic carbocycles. The summed E-state index contributed by atoms with van der Waals surface area (Å²) in [4.78, 5) is 21.0. The Hall–Kier alpha value is -4.01. The van der Waals surface area contributed by atoms with Crippen molar-refractivity contribution >= 4 is 5.91 Å². The number of carbonyl (C=O) groups is 1. The van der Waals surface area contributed by atoms with Crippen LogP contribution in [0.25, 0.3) is 5.82 Å². The monoisotopic (exact) mass is 437 g/mol. The number of hydrogen-bond acceptors (Lipinski definition) is 4. The Morgan fingerprint density at radius 3 is 2.28 bits per heavy atom. The van der Waals surface area contributed by atoms with Crippen molar-refractivity contribution in [1.82, 2.24) is 25.1 Å². The molecule has 1 atom stereocenters. The van der Waals surface area contributed by atoms with Gasteiger partial charge in [0.25, 0.3) is 5.91 Å². The Morgan fingerprint density at radius 1 is 0.969 bits per heavy atom. The van der Waals surface area contributed by atoms with Crippen LogP contribution in [0, 0.1) is 6.92 Å². The number of nitrogens with one attached hydrogen (secondary N) is 1. The van der Waals surface area contributed by atoms with E-state index in [1.165, 1.54) is 16.9 Å². The van der Waals surface area contributed by atoms with Crippen LogP contribution in [0.15, 0.2) is 79.4 Å². The number of amides is 1. The molecule has 0 saturated carbocycles. The van der Waals surface area contributed by atoms with Gasteiger partial charge in [-0.1, -0.05) is 30.3 Å². The quantitative estimate of drug-likeness (QED) is 0.499. The van der Waals surface area contributed by atoms with Crippen molar-refractivity contribution in [2.24, 2.45) is 0 Å². The molecule has 0 aliphatic heterocycles. The van der Waals surface area contributed by atoms with E-state index in [9.17, 15) is 18.0 Å². The molecule has 0 aliphatic rings. The standard InChI is InChI=1S/C23H18F3N5O/c1-15-19(14-29-31(15)20-8-7-18(13-28-20)23(24,25)26)22(32)30-21(16-5-3-2-4-6-16)17-9-11-27-12-10-17/h2-14,21H,1H3,(H,30,32). The predicted octanol–water partition coefficient (Wildman–Crippen LogP) is 4.51. The number of hydrogen-bond donors (Lipinski definition) is 1. The van der Waals surface area contributed by atoms with E-state index in [0.29, 0.717) is 11.3 Å². The third-order valence-electron chi connectivity index (χ3n) is 4.99. The average molecular weight is 437 g/mol. The summed E-state index contributed by atoms with van der Waals surface area (Å²) in [7, 11) is 0. The Kier molecular flexibility index (Phi) is 5.72. The molecule has 3 aromatic heterocycles. The second kappa shape index (κ2) is 8.62. The second-order valence-electron chi connectivity index (χ2n) is 7.06. The van der Waals surface area contributed by atoms with E-state index >= 15 is 0 Å². The topological polar surface area (TPSA) is 72.7 Å². The van der Waals surface area contributed by atoms with Gasteiger partial charge in [0, 0.05) is 18.6 Å². The van der Waals surface area contributed by atoms with Crippen molar-refractivity contribution in [3.63, 3.8) is 0 Å². The zero-order valence-electron chi connectivity index (χ0n) is 16.9. The molecule has 1 N–H and O–H groups in total. The maximum absolute atomic E-state index is 13.1. The maximum atomic E-state index is 13.1. The molecular weight excluding hydrogens is 419 g/mol. The van der Waals surface area contributed by atoms with E-state index in [2.05, 4.69) is 20.4 Å². The molecule has 32 heavy (non-hydrogen) atoms. The van der Waals surface area contributed by atoms with Crippen LogP contribution in [0.1, 0.15) is 38.8 Å². The summed E-state index contributed by atoms with van der Waals surface area (Å²) in [6, 6.07) is 14.8. The summed E-state index contributed by atoms with van der Waals surface area (Å²) < 4.78 is 39.7. The zero-order chi connectivity index (χ0) is 22.7. The molecule has 0 spiro atoms. The lowest BCUT2D eigenvalue weighted by Gasteiger charge is -2.19. The first-order valence-corrected chi connectivity index (χ1v) is 9.68. The van der Waals surface area contributed by atoms with Crippen molar-refractivity contribution in [2.45, 2.75) is 19.1 Å². The van der Waals surface area contributed by atoms with Crippen molar-refractivity contribution in [3.05, 3.63) is 107 Å².